The monoisotopic (exact) mass is 635 g/mol. The third-order valence-electron chi connectivity index (χ3n) is 7.27. The second-order valence-electron chi connectivity index (χ2n) is 10.2. The van der Waals surface area contributed by atoms with Crippen molar-refractivity contribution in [1.29, 1.82) is 0 Å². The summed E-state index contributed by atoms with van der Waals surface area (Å²) in [5.41, 5.74) is 1.67. The van der Waals surface area contributed by atoms with Crippen molar-refractivity contribution in [2.24, 2.45) is 0 Å². The molecule has 0 aromatic heterocycles. The van der Waals surface area contributed by atoms with E-state index < -0.39 is 28.5 Å². The van der Waals surface area contributed by atoms with Crippen LogP contribution in [0.1, 0.15) is 43.7 Å². The lowest BCUT2D eigenvalue weighted by Gasteiger charge is -2.33. The van der Waals surface area contributed by atoms with Gasteiger partial charge in [-0.1, -0.05) is 71.9 Å². The van der Waals surface area contributed by atoms with Crippen LogP contribution in [0.3, 0.4) is 0 Å². The minimum Gasteiger partial charge on any atom is -0.352 e. The Labute approximate surface area is 256 Å². The Balaban J connectivity index is 1.70. The van der Waals surface area contributed by atoms with Gasteiger partial charge in [0, 0.05) is 17.6 Å². The molecule has 1 saturated carbocycles. The number of rotatable bonds is 10. The zero-order chi connectivity index (χ0) is 29.7. The molecule has 0 heterocycles. The fourth-order valence-electron chi connectivity index (χ4n) is 4.90. The van der Waals surface area contributed by atoms with Crippen LogP contribution in [0.2, 0.25) is 15.1 Å². The van der Waals surface area contributed by atoms with Crippen LogP contribution in [0.5, 0.6) is 0 Å². The number of hydrogen-bond donors (Lipinski definition) is 1. The standard InChI is InChI=1S/C30H32Cl3N3O4S/c1-20-7-3-6-10-28(20)36(41(39,40)25-14-12-23(31)13-15-25)19-29(37)35(18-22-11-16-26(32)27(33)17-22)21(2)30(38)34-24-8-4-5-9-24/h3,6-7,10-17,21,24H,4-5,8-9,18-19H2,1-2H3,(H,34,38). The molecular formula is C30H32Cl3N3O4S. The predicted octanol–water partition coefficient (Wildman–Crippen LogP) is 6.63. The molecule has 218 valence electrons. The summed E-state index contributed by atoms with van der Waals surface area (Å²) in [6.07, 6.45) is 3.86. The molecule has 1 N–H and O–H groups in total. The van der Waals surface area contributed by atoms with E-state index in [9.17, 15) is 18.0 Å². The van der Waals surface area contributed by atoms with E-state index in [-0.39, 0.29) is 23.4 Å². The first-order valence-electron chi connectivity index (χ1n) is 13.3. The van der Waals surface area contributed by atoms with Crippen molar-refractivity contribution in [1.82, 2.24) is 10.2 Å². The highest BCUT2D eigenvalue weighted by Gasteiger charge is 2.34. The van der Waals surface area contributed by atoms with E-state index in [1.54, 1.807) is 56.3 Å². The molecule has 7 nitrogen and oxygen atoms in total. The van der Waals surface area contributed by atoms with E-state index in [0.717, 1.165) is 30.0 Å². The lowest BCUT2D eigenvalue weighted by molar-refractivity contribution is -0.139. The molecule has 0 bridgehead atoms. The van der Waals surface area contributed by atoms with Crippen LogP contribution in [-0.2, 0) is 26.2 Å². The summed E-state index contributed by atoms with van der Waals surface area (Å²) in [7, 11) is -4.18. The van der Waals surface area contributed by atoms with Gasteiger partial charge in [0.2, 0.25) is 11.8 Å². The number of benzene rings is 3. The minimum absolute atomic E-state index is 0.0130. The SMILES string of the molecule is Cc1ccccc1N(CC(=O)N(Cc1ccc(Cl)c(Cl)c1)C(C)C(=O)NC1CCCC1)S(=O)(=O)c1ccc(Cl)cc1. The molecule has 1 aliphatic rings. The zero-order valence-corrected chi connectivity index (χ0v) is 25.9. The second kappa shape index (κ2) is 13.5. The Morgan fingerprint density at radius 1 is 0.951 bits per heavy atom. The Kier molecular flexibility index (Phi) is 10.2. The van der Waals surface area contributed by atoms with Crippen molar-refractivity contribution in [3.05, 3.63) is 92.9 Å². The molecule has 0 saturated heterocycles. The third-order valence-corrected chi connectivity index (χ3v) is 10.0. The maximum atomic E-state index is 14.1. The highest BCUT2D eigenvalue weighted by Crippen LogP contribution is 2.29. The van der Waals surface area contributed by atoms with Crippen molar-refractivity contribution in [3.63, 3.8) is 0 Å². The van der Waals surface area contributed by atoms with Crippen LogP contribution in [0.4, 0.5) is 5.69 Å². The highest BCUT2D eigenvalue weighted by molar-refractivity contribution is 7.92. The van der Waals surface area contributed by atoms with Crippen molar-refractivity contribution in [2.45, 2.75) is 63.1 Å². The Morgan fingerprint density at radius 3 is 2.24 bits per heavy atom. The number of carbonyl (C=O) groups excluding carboxylic acids is 2. The lowest BCUT2D eigenvalue weighted by atomic mass is 10.1. The number of halogens is 3. The van der Waals surface area contributed by atoms with Gasteiger partial charge in [-0.05, 0) is 80.3 Å². The van der Waals surface area contributed by atoms with Crippen molar-refractivity contribution >= 4 is 62.3 Å². The van der Waals surface area contributed by atoms with Crippen LogP contribution < -0.4 is 9.62 Å². The van der Waals surface area contributed by atoms with Crippen molar-refractivity contribution in [3.8, 4) is 0 Å². The summed E-state index contributed by atoms with van der Waals surface area (Å²) in [4.78, 5) is 28.8. The molecule has 0 spiro atoms. The number of anilines is 1. The second-order valence-corrected chi connectivity index (χ2v) is 13.3. The van der Waals surface area contributed by atoms with Gasteiger partial charge in [0.25, 0.3) is 10.0 Å². The summed E-state index contributed by atoms with van der Waals surface area (Å²) in [5.74, 6) is -0.848. The van der Waals surface area contributed by atoms with Gasteiger partial charge in [-0.25, -0.2) is 8.42 Å². The average Bonchev–Trinajstić information content (AvgIpc) is 3.45. The highest BCUT2D eigenvalue weighted by atomic mass is 35.5. The van der Waals surface area contributed by atoms with Gasteiger partial charge in [0.15, 0.2) is 0 Å². The van der Waals surface area contributed by atoms with E-state index in [0.29, 0.717) is 31.9 Å². The number of nitrogens with one attached hydrogen (secondary N) is 1. The first-order chi connectivity index (χ1) is 19.5. The number of nitrogens with zero attached hydrogens (tertiary/aromatic N) is 2. The average molecular weight is 637 g/mol. The molecule has 2 amide bonds. The number of hydrogen-bond acceptors (Lipinski definition) is 4. The minimum atomic E-state index is -4.18. The summed E-state index contributed by atoms with van der Waals surface area (Å²) >= 11 is 18.3. The molecule has 1 aliphatic carbocycles. The topological polar surface area (TPSA) is 86.8 Å². The molecule has 1 fully saturated rings. The van der Waals surface area contributed by atoms with Gasteiger partial charge >= 0.3 is 0 Å². The van der Waals surface area contributed by atoms with Crippen molar-refractivity contribution < 1.29 is 18.0 Å². The molecule has 0 aliphatic heterocycles. The van der Waals surface area contributed by atoms with Crippen LogP contribution in [0.25, 0.3) is 0 Å². The van der Waals surface area contributed by atoms with Gasteiger partial charge in [0.1, 0.15) is 12.6 Å². The Bertz CT molecular complexity index is 1510. The molecule has 0 radical (unpaired) electrons. The molecule has 41 heavy (non-hydrogen) atoms. The quantitative estimate of drug-likeness (QED) is 0.271. The Morgan fingerprint density at radius 2 is 1.61 bits per heavy atom. The summed E-state index contributed by atoms with van der Waals surface area (Å²) in [6.45, 7) is 2.91. The number of aryl methyl sites for hydroxylation is 1. The third kappa shape index (κ3) is 7.55. The molecule has 3 aromatic rings. The number of carbonyl (C=O) groups is 2. The lowest BCUT2D eigenvalue weighted by Crippen LogP contribution is -2.52. The summed E-state index contributed by atoms with van der Waals surface area (Å²) < 4.78 is 28.9. The molecule has 1 atom stereocenters. The van der Waals surface area contributed by atoms with E-state index in [1.807, 2.05) is 0 Å². The molecule has 11 heteroatoms. The van der Waals surface area contributed by atoms with Gasteiger partial charge in [-0.15, -0.1) is 0 Å². The van der Waals surface area contributed by atoms with Crippen molar-refractivity contribution in [2.75, 3.05) is 10.8 Å². The van der Waals surface area contributed by atoms with E-state index in [2.05, 4.69) is 5.32 Å². The fourth-order valence-corrected chi connectivity index (χ4v) is 6.82. The van der Waals surface area contributed by atoms with Crippen LogP contribution in [-0.4, -0.2) is 43.8 Å². The Hall–Kier alpha value is -2.78. The molecular weight excluding hydrogens is 605 g/mol. The van der Waals surface area contributed by atoms with Crippen LogP contribution >= 0.6 is 34.8 Å². The number of para-hydroxylation sites is 1. The van der Waals surface area contributed by atoms with E-state index in [1.165, 1.54) is 29.2 Å². The first kappa shape index (κ1) is 31.2. The normalized spacial score (nSPS) is 14.5. The summed E-state index contributed by atoms with van der Waals surface area (Å²) in [5, 5.41) is 4.11. The van der Waals surface area contributed by atoms with Crippen LogP contribution in [0.15, 0.2) is 71.6 Å². The van der Waals surface area contributed by atoms with Crippen LogP contribution in [0, 0.1) is 6.92 Å². The predicted molar refractivity (Wildman–Crippen MR) is 164 cm³/mol. The van der Waals surface area contributed by atoms with Gasteiger partial charge in [0.05, 0.1) is 20.6 Å². The van der Waals surface area contributed by atoms with E-state index >= 15 is 0 Å². The zero-order valence-electron chi connectivity index (χ0n) is 22.8. The molecule has 1 unspecified atom stereocenters. The smallest absolute Gasteiger partial charge is 0.264 e. The van der Waals surface area contributed by atoms with Gasteiger partial charge < -0.3 is 10.2 Å². The number of amides is 2. The molecule has 4 rings (SSSR count). The summed E-state index contributed by atoms with van der Waals surface area (Å²) in [6, 6.07) is 16.8. The number of sulfonamides is 1. The largest absolute Gasteiger partial charge is 0.352 e. The fraction of sp³-hybridized carbons (Fsp3) is 0.333. The maximum Gasteiger partial charge on any atom is 0.264 e. The van der Waals surface area contributed by atoms with E-state index in [4.69, 9.17) is 34.8 Å². The van der Waals surface area contributed by atoms with Gasteiger partial charge in [-0.2, -0.15) is 0 Å². The van der Waals surface area contributed by atoms with Gasteiger partial charge in [-0.3, -0.25) is 13.9 Å². The molecule has 3 aromatic carbocycles. The first-order valence-corrected chi connectivity index (χ1v) is 15.9. The maximum absolute atomic E-state index is 14.1.